The van der Waals surface area contributed by atoms with Crippen molar-refractivity contribution in [1.29, 1.82) is 0 Å². The van der Waals surface area contributed by atoms with Crippen LogP contribution in [0.5, 0.6) is 0 Å². The van der Waals surface area contributed by atoms with Crippen LogP contribution in [0.4, 0.5) is 5.69 Å². The Morgan fingerprint density at radius 3 is 2.80 bits per heavy atom. The Morgan fingerprint density at radius 1 is 1.20 bits per heavy atom. The van der Waals surface area contributed by atoms with Gasteiger partial charge in [-0.05, 0) is 55.9 Å². The summed E-state index contributed by atoms with van der Waals surface area (Å²) in [5, 5.41) is 3.08. The molecule has 5 nitrogen and oxygen atoms in total. The van der Waals surface area contributed by atoms with Gasteiger partial charge in [-0.1, -0.05) is 42.5 Å². The van der Waals surface area contributed by atoms with E-state index in [0.29, 0.717) is 19.7 Å². The molecule has 5 heteroatoms. The van der Waals surface area contributed by atoms with Gasteiger partial charge in [0.05, 0.1) is 24.9 Å². The molecule has 2 fully saturated rings. The molecule has 4 rings (SSSR count). The summed E-state index contributed by atoms with van der Waals surface area (Å²) >= 11 is 0. The number of ether oxygens (including phenoxy) is 2. The van der Waals surface area contributed by atoms with E-state index in [9.17, 15) is 4.79 Å². The van der Waals surface area contributed by atoms with Crippen LogP contribution < -0.4 is 5.32 Å². The number of nitrogens with zero attached hydrogens (tertiary/aromatic N) is 1. The Balaban J connectivity index is 1.38. The fourth-order valence-corrected chi connectivity index (χ4v) is 4.55. The molecule has 0 saturated carbocycles. The van der Waals surface area contributed by atoms with Gasteiger partial charge in [-0.15, -0.1) is 0 Å². The van der Waals surface area contributed by atoms with Crippen molar-refractivity contribution in [2.75, 3.05) is 31.6 Å². The monoisotopic (exact) mass is 408 g/mol. The standard InChI is InChI=1S/C25H32N2O3/c1-19-9-10-20(2)22(15-19)26-24(28)17-27-13-12-25(11-6-14-30-25)23(16-27)29-18-21-7-4-3-5-8-21/h3-5,7-10,15,23H,6,11-14,16-18H2,1-2H3,(H,26,28)/t23-,25+/m0/s1. The fourth-order valence-electron chi connectivity index (χ4n) is 4.55. The number of amides is 1. The third-order valence-corrected chi connectivity index (χ3v) is 6.32. The summed E-state index contributed by atoms with van der Waals surface area (Å²) in [7, 11) is 0. The highest BCUT2D eigenvalue weighted by Gasteiger charge is 2.47. The highest BCUT2D eigenvalue weighted by Crippen LogP contribution is 2.38. The molecule has 0 unspecified atom stereocenters. The lowest BCUT2D eigenvalue weighted by Crippen LogP contribution is -2.57. The molecule has 2 heterocycles. The number of carbonyl (C=O) groups excluding carboxylic acids is 1. The Morgan fingerprint density at radius 2 is 2.03 bits per heavy atom. The molecule has 1 spiro atoms. The minimum atomic E-state index is -0.200. The summed E-state index contributed by atoms with van der Waals surface area (Å²) in [6.07, 6.45) is 3.00. The van der Waals surface area contributed by atoms with Gasteiger partial charge in [0.2, 0.25) is 5.91 Å². The molecular weight excluding hydrogens is 376 g/mol. The molecule has 2 aliphatic rings. The average Bonchev–Trinajstić information content (AvgIpc) is 3.21. The molecular formula is C25H32N2O3. The van der Waals surface area contributed by atoms with Crippen LogP contribution in [0.3, 0.4) is 0 Å². The van der Waals surface area contributed by atoms with Crippen molar-refractivity contribution >= 4 is 11.6 Å². The molecule has 2 atom stereocenters. The van der Waals surface area contributed by atoms with Crippen molar-refractivity contribution in [2.24, 2.45) is 0 Å². The van der Waals surface area contributed by atoms with Crippen molar-refractivity contribution in [1.82, 2.24) is 4.90 Å². The second kappa shape index (κ2) is 9.29. The van der Waals surface area contributed by atoms with E-state index in [2.05, 4.69) is 28.4 Å². The van der Waals surface area contributed by atoms with Gasteiger partial charge in [-0.2, -0.15) is 0 Å². The number of piperidine rings is 1. The van der Waals surface area contributed by atoms with Gasteiger partial charge in [0.25, 0.3) is 0 Å². The highest BCUT2D eigenvalue weighted by molar-refractivity contribution is 5.93. The van der Waals surface area contributed by atoms with Gasteiger partial charge in [0.15, 0.2) is 0 Å². The average molecular weight is 409 g/mol. The predicted molar refractivity (Wildman–Crippen MR) is 119 cm³/mol. The number of rotatable bonds is 6. The topological polar surface area (TPSA) is 50.8 Å². The molecule has 0 aliphatic carbocycles. The highest BCUT2D eigenvalue weighted by atomic mass is 16.6. The predicted octanol–water partition coefficient (Wildman–Crippen LogP) is 4.08. The van der Waals surface area contributed by atoms with Crippen LogP contribution in [-0.2, 0) is 20.9 Å². The maximum absolute atomic E-state index is 12.7. The Hall–Kier alpha value is -2.21. The third-order valence-electron chi connectivity index (χ3n) is 6.32. The van der Waals surface area contributed by atoms with Crippen LogP contribution in [-0.4, -0.2) is 48.8 Å². The smallest absolute Gasteiger partial charge is 0.238 e. The fraction of sp³-hybridized carbons (Fsp3) is 0.480. The summed E-state index contributed by atoms with van der Waals surface area (Å²) in [6, 6.07) is 16.4. The van der Waals surface area contributed by atoms with Crippen LogP contribution >= 0.6 is 0 Å². The molecule has 2 saturated heterocycles. The van der Waals surface area contributed by atoms with Crippen molar-refractivity contribution in [2.45, 2.75) is 51.4 Å². The Labute approximate surface area is 179 Å². The van der Waals surface area contributed by atoms with Gasteiger partial charge in [-0.25, -0.2) is 0 Å². The van der Waals surface area contributed by atoms with Crippen molar-refractivity contribution in [3.05, 3.63) is 65.2 Å². The molecule has 0 aromatic heterocycles. The van der Waals surface area contributed by atoms with E-state index >= 15 is 0 Å². The van der Waals surface area contributed by atoms with Gasteiger partial charge >= 0.3 is 0 Å². The van der Waals surface area contributed by atoms with Crippen LogP contribution in [0.1, 0.15) is 36.0 Å². The molecule has 2 aliphatic heterocycles. The normalized spacial score (nSPS) is 24.3. The molecule has 2 aromatic carbocycles. The number of carbonyl (C=O) groups is 1. The first-order chi connectivity index (χ1) is 14.5. The lowest BCUT2D eigenvalue weighted by atomic mass is 9.85. The van der Waals surface area contributed by atoms with E-state index in [1.54, 1.807) is 0 Å². The van der Waals surface area contributed by atoms with Crippen LogP contribution in [0.25, 0.3) is 0 Å². The Bertz CT molecular complexity index is 862. The van der Waals surface area contributed by atoms with E-state index < -0.39 is 0 Å². The third kappa shape index (κ3) is 4.91. The van der Waals surface area contributed by atoms with Gasteiger partial charge in [0.1, 0.15) is 0 Å². The van der Waals surface area contributed by atoms with Crippen molar-refractivity contribution in [3.8, 4) is 0 Å². The van der Waals surface area contributed by atoms with Gasteiger partial charge in [0, 0.05) is 25.4 Å². The largest absolute Gasteiger partial charge is 0.372 e. The maximum atomic E-state index is 12.7. The molecule has 1 amide bonds. The van der Waals surface area contributed by atoms with E-state index in [1.165, 1.54) is 0 Å². The SMILES string of the molecule is Cc1ccc(C)c(NC(=O)CN2CC[C@]3(CCCO3)[C@@H](OCc3ccccc3)C2)c1. The van der Waals surface area contributed by atoms with Crippen LogP contribution in [0, 0.1) is 13.8 Å². The second-order valence-electron chi connectivity index (χ2n) is 8.65. The first-order valence-electron chi connectivity index (χ1n) is 10.9. The Kier molecular flexibility index (Phi) is 6.52. The van der Waals surface area contributed by atoms with E-state index in [0.717, 1.165) is 54.8 Å². The van der Waals surface area contributed by atoms with Crippen molar-refractivity contribution in [3.63, 3.8) is 0 Å². The summed E-state index contributed by atoms with van der Waals surface area (Å²) in [5.74, 6) is 0.0220. The van der Waals surface area contributed by atoms with Crippen LogP contribution in [0.15, 0.2) is 48.5 Å². The number of hydrogen-bond acceptors (Lipinski definition) is 4. The van der Waals surface area contributed by atoms with Crippen molar-refractivity contribution < 1.29 is 14.3 Å². The molecule has 0 radical (unpaired) electrons. The summed E-state index contributed by atoms with van der Waals surface area (Å²) in [4.78, 5) is 14.9. The minimum Gasteiger partial charge on any atom is -0.372 e. The molecule has 0 bridgehead atoms. The molecule has 2 aromatic rings. The summed E-state index contributed by atoms with van der Waals surface area (Å²) in [6.45, 7) is 7.37. The second-order valence-corrected chi connectivity index (χ2v) is 8.65. The lowest BCUT2D eigenvalue weighted by Gasteiger charge is -2.44. The number of aryl methyl sites for hydroxylation is 2. The summed E-state index contributed by atoms with van der Waals surface area (Å²) in [5.41, 5.74) is 4.08. The molecule has 30 heavy (non-hydrogen) atoms. The number of anilines is 1. The van der Waals surface area contributed by atoms with Gasteiger partial charge < -0.3 is 14.8 Å². The van der Waals surface area contributed by atoms with E-state index in [-0.39, 0.29) is 17.6 Å². The van der Waals surface area contributed by atoms with E-state index in [1.807, 2.05) is 44.2 Å². The quantitative estimate of drug-likeness (QED) is 0.782. The van der Waals surface area contributed by atoms with Gasteiger partial charge in [-0.3, -0.25) is 9.69 Å². The zero-order chi connectivity index (χ0) is 21.0. The molecule has 160 valence electrons. The first-order valence-corrected chi connectivity index (χ1v) is 10.9. The zero-order valence-electron chi connectivity index (χ0n) is 18.0. The number of benzene rings is 2. The van der Waals surface area contributed by atoms with Crippen LogP contribution in [0.2, 0.25) is 0 Å². The number of likely N-dealkylation sites (tertiary alicyclic amines) is 1. The lowest BCUT2D eigenvalue weighted by molar-refractivity contribution is -0.159. The van der Waals surface area contributed by atoms with E-state index in [4.69, 9.17) is 9.47 Å². The zero-order valence-corrected chi connectivity index (χ0v) is 18.0. The summed E-state index contributed by atoms with van der Waals surface area (Å²) < 4.78 is 12.6. The number of nitrogens with one attached hydrogen (secondary N) is 1. The first kappa shape index (κ1) is 21.0. The molecule has 1 N–H and O–H groups in total. The maximum Gasteiger partial charge on any atom is 0.238 e. The number of hydrogen-bond donors (Lipinski definition) is 1. The minimum absolute atomic E-state index is 0.0220.